The fraction of sp³-hybridized carbons (Fsp3) is 0.400. The molecule has 0 N–H and O–H groups in total. The van der Waals surface area contributed by atoms with Crippen LogP contribution in [0.15, 0.2) is 18.2 Å². The molecule has 0 amide bonds. The molecule has 0 unspecified atom stereocenters. The zero-order valence-corrected chi connectivity index (χ0v) is 10.4. The van der Waals surface area contributed by atoms with Crippen molar-refractivity contribution in [2.45, 2.75) is 32.6 Å². The van der Waals surface area contributed by atoms with Gasteiger partial charge in [0, 0.05) is 24.4 Å². The molecule has 0 radical (unpaired) electrons. The highest BCUT2D eigenvalue weighted by molar-refractivity contribution is 6.03. The second kappa shape index (κ2) is 3.73. The molecule has 0 saturated carbocycles. The van der Waals surface area contributed by atoms with Gasteiger partial charge < -0.3 is 4.57 Å². The Morgan fingerprint density at radius 3 is 2.76 bits per heavy atom. The fourth-order valence-electron chi connectivity index (χ4n) is 2.95. The van der Waals surface area contributed by atoms with E-state index in [1.165, 1.54) is 22.0 Å². The lowest BCUT2D eigenvalue weighted by Gasteiger charge is -2.02. The summed E-state index contributed by atoms with van der Waals surface area (Å²) in [5.41, 5.74) is 4.68. The number of hydrogen-bond donors (Lipinski definition) is 0. The Hall–Kier alpha value is -1.57. The van der Waals surface area contributed by atoms with Gasteiger partial charge in [-0.2, -0.15) is 0 Å². The maximum atomic E-state index is 12.2. The van der Waals surface area contributed by atoms with Crippen molar-refractivity contribution in [1.82, 2.24) is 4.57 Å². The average molecular weight is 227 g/mol. The van der Waals surface area contributed by atoms with Crippen molar-refractivity contribution in [2.24, 2.45) is 7.05 Å². The summed E-state index contributed by atoms with van der Waals surface area (Å²) < 4.78 is 2.08. The lowest BCUT2D eigenvalue weighted by atomic mass is 10.0. The van der Waals surface area contributed by atoms with Crippen LogP contribution in [0.3, 0.4) is 0 Å². The van der Waals surface area contributed by atoms with Gasteiger partial charge in [-0.3, -0.25) is 4.79 Å². The van der Waals surface area contributed by atoms with Gasteiger partial charge in [0.2, 0.25) is 0 Å². The Bertz CT molecular complexity index is 607. The highest BCUT2D eigenvalue weighted by atomic mass is 16.1. The minimum absolute atomic E-state index is 0.314. The maximum Gasteiger partial charge on any atom is 0.179 e. The molecular weight excluding hydrogens is 210 g/mol. The first kappa shape index (κ1) is 10.6. The number of hydrogen-bond acceptors (Lipinski definition) is 1. The minimum atomic E-state index is 0.314. The number of carbonyl (C=O) groups is 1. The molecule has 1 aromatic carbocycles. The van der Waals surface area contributed by atoms with Crippen LogP contribution in [0.1, 0.15) is 40.9 Å². The number of nitrogens with zero attached hydrogens (tertiary/aromatic N) is 1. The third kappa shape index (κ3) is 1.51. The van der Waals surface area contributed by atoms with Crippen LogP contribution in [0.4, 0.5) is 0 Å². The summed E-state index contributed by atoms with van der Waals surface area (Å²) in [6, 6.07) is 6.46. The zero-order valence-electron chi connectivity index (χ0n) is 10.4. The van der Waals surface area contributed by atoms with Gasteiger partial charge in [0.05, 0.1) is 5.69 Å². The summed E-state index contributed by atoms with van der Waals surface area (Å²) in [4.78, 5) is 12.2. The smallest absolute Gasteiger partial charge is 0.179 e. The summed E-state index contributed by atoms with van der Waals surface area (Å²) in [6.45, 7) is 2.11. The van der Waals surface area contributed by atoms with Crippen molar-refractivity contribution >= 4 is 16.7 Å². The molecule has 88 valence electrons. The first-order chi connectivity index (χ1) is 8.18. The van der Waals surface area contributed by atoms with Crippen molar-refractivity contribution in [2.75, 3.05) is 0 Å². The molecule has 1 heterocycles. The van der Waals surface area contributed by atoms with Gasteiger partial charge in [0.1, 0.15) is 0 Å². The molecule has 0 bridgehead atoms. The molecular formula is C15H17NO. The first-order valence-corrected chi connectivity index (χ1v) is 6.29. The first-order valence-electron chi connectivity index (χ1n) is 6.29. The molecule has 2 nitrogen and oxygen atoms in total. The number of fused-ring (bicyclic) bond motifs is 3. The monoisotopic (exact) mass is 227 g/mol. The van der Waals surface area contributed by atoms with Crippen LogP contribution >= 0.6 is 0 Å². The molecule has 0 aliphatic heterocycles. The van der Waals surface area contributed by atoms with Gasteiger partial charge in [-0.05, 0) is 43.9 Å². The number of benzene rings is 1. The topological polar surface area (TPSA) is 22.0 Å². The van der Waals surface area contributed by atoms with Crippen molar-refractivity contribution in [3.63, 3.8) is 0 Å². The van der Waals surface area contributed by atoms with Crippen molar-refractivity contribution in [3.05, 3.63) is 35.0 Å². The summed E-state index contributed by atoms with van der Waals surface area (Å²) in [6.07, 6.45) is 3.91. The van der Waals surface area contributed by atoms with Crippen LogP contribution in [-0.4, -0.2) is 10.4 Å². The second-order valence-corrected chi connectivity index (χ2v) is 5.04. The number of ketones is 1. The van der Waals surface area contributed by atoms with Gasteiger partial charge >= 0.3 is 0 Å². The molecule has 0 saturated heterocycles. The zero-order chi connectivity index (χ0) is 12.0. The lowest BCUT2D eigenvalue weighted by Crippen LogP contribution is -2.05. The highest BCUT2D eigenvalue weighted by Gasteiger charge is 2.22. The van der Waals surface area contributed by atoms with Crippen LogP contribution in [-0.2, 0) is 13.5 Å². The normalized spacial score (nSPS) is 16.0. The van der Waals surface area contributed by atoms with Crippen LogP contribution in [0, 0.1) is 6.92 Å². The van der Waals surface area contributed by atoms with E-state index in [4.69, 9.17) is 0 Å². The molecule has 17 heavy (non-hydrogen) atoms. The van der Waals surface area contributed by atoms with Crippen molar-refractivity contribution in [3.8, 4) is 0 Å². The van der Waals surface area contributed by atoms with E-state index in [0.717, 1.165) is 25.0 Å². The summed E-state index contributed by atoms with van der Waals surface area (Å²) in [5, 5.41) is 1.28. The molecule has 1 aliphatic rings. The minimum Gasteiger partial charge on any atom is -0.341 e. The fourth-order valence-corrected chi connectivity index (χ4v) is 2.95. The van der Waals surface area contributed by atoms with Crippen LogP contribution in [0.2, 0.25) is 0 Å². The van der Waals surface area contributed by atoms with E-state index >= 15 is 0 Å². The molecule has 0 fully saturated rings. The Morgan fingerprint density at radius 2 is 1.94 bits per heavy atom. The van der Waals surface area contributed by atoms with E-state index < -0.39 is 0 Å². The predicted molar refractivity (Wildman–Crippen MR) is 69.5 cm³/mol. The van der Waals surface area contributed by atoms with E-state index in [0.29, 0.717) is 12.2 Å². The lowest BCUT2D eigenvalue weighted by molar-refractivity contribution is 0.0974. The van der Waals surface area contributed by atoms with Crippen LogP contribution in [0.5, 0.6) is 0 Å². The average Bonchev–Trinajstić information content (AvgIpc) is 2.46. The standard InChI is InChI=1S/C15H17NO/c1-10-7-8-13-12(9-10)11-5-3-4-6-14(17)15(11)16(13)2/h7-9H,3-6H2,1-2H3. The number of aromatic nitrogens is 1. The van der Waals surface area contributed by atoms with Crippen molar-refractivity contribution < 1.29 is 4.79 Å². The van der Waals surface area contributed by atoms with E-state index in [-0.39, 0.29) is 0 Å². The number of aryl methyl sites for hydroxylation is 3. The molecule has 3 rings (SSSR count). The SMILES string of the molecule is Cc1ccc2c(c1)c1c(n2C)C(=O)CCCC1. The molecule has 2 aromatic rings. The van der Waals surface area contributed by atoms with E-state index in [1.807, 2.05) is 7.05 Å². The van der Waals surface area contributed by atoms with Gasteiger partial charge in [-0.25, -0.2) is 0 Å². The van der Waals surface area contributed by atoms with E-state index in [9.17, 15) is 4.79 Å². The molecule has 0 atom stereocenters. The van der Waals surface area contributed by atoms with Crippen LogP contribution < -0.4 is 0 Å². The highest BCUT2D eigenvalue weighted by Crippen LogP contribution is 2.31. The molecule has 1 aromatic heterocycles. The van der Waals surface area contributed by atoms with Crippen LogP contribution in [0.25, 0.3) is 10.9 Å². The van der Waals surface area contributed by atoms with E-state index in [2.05, 4.69) is 29.7 Å². The maximum absolute atomic E-state index is 12.2. The Balaban J connectivity index is 2.38. The summed E-state index contributed by atoms with van der Waals surface area (Å²) >= 11 is 0. The Labute approximate surface area is 101 Å². The largest absolute Gasteiger partial charge is 0.341 e. The number of rotatable bonds is 0. The Kier molecular flexibility index (Phi) is 2.32. The summed E-state index contributed by atoms with van der Waals surface area (Å²) in [5.74, 6) is 0.314. The van der Waals surface area contributed by atoms with Gasteiger partial charge in [0.25, 0.3) is 0 Å². The third-order valence-corrected chi connectivity index (χ3v) is 3.80. The molecule has 2 heteroatoms. The van der Waals surface area contributed by atoms with Gasteiger partial charge in [-0.15, -0.1) is 0 Å². The Morgan fingerprint density at radius 1 is 1.18 bits per heavy atom. The van der Waals surface area contributed by atoms with Crippen molar-refractivity contribution in [1.29, 1.82) is 0 Å². The molecule has 1 aliphatic carbocycles. The number of Topliss-reactive ketones (excluding diaryl/α,β-unsaturated/α-hetero) is 1. The number of carbonyl (C=O) groups excluding carboxylic acids is 1. The third-order valence-electron chi connectivity index (χ3n) is 3.80. The summed E-state index contributed by atoms with van der Waals surface area (Å²) in [7, 11) is 2.01. The van der Waals surface area contributed by atoms with Gasteiger partial charge in [0.15, 0.2) is 5.78 Å². The van der Waals surface area contributed by atoms with Gasteiger partial charge in [-0.1, -0.05) is 11.6 Å². The predicted octanol–water partition coefficient (Wildman–Crippen LogP) is 3.40. The second-order valence-electron chi connectivity index (χ2n) is 5.04. The van der Waals surface area contributed by atoms with E-state index in [1.54, 1.807) is 0 Å². The molecule has 0 spiro atoms. The quantitative estimate of drug-likeness (QED) is 0.632.